The maximum absolute atomic E-state index is 11.1. The highest BCUT2D eigenvalue weighted by atomic mass is 16.4. The number of benzene rings is 1. The lowest BCUT2D eigenvalue weighted by atomic mass is 9.89. The molecule has 82 valence electrons. The SMILES string of the molecule is CC(C)(C(=O)O)c1cc2ccccc2nn1. The zero-order valence-electron chi connectivity index (χ0n) is 9.14. The van der Waals surface area contributed by atoms with Crippen LogP contribution in [0.2, 0.25) is 0 Å². The Kier molecular flexibility index (Phi) is 2.34. The lowest BCUT2D eigenvalue weighted by Crippen LogP contribution is -2.29. The normalized spacial score (nSPS) is 11.6. The van der Waals surface area contributed by atoms with Gasteiger partial charge >= 0.3 is 5.97 Å². The molecule has 0 aliphatic rings. The standard InChI is InChI=1S/C12H12N2O2/c1-12(2,11(15)16)10-7-8-5-3-4-6-9(8)13-14-10/h3-7H,1-2H3,(H,15,16). The summed E-state index contributed by atoms with van der Waals surface area (Å²) < 4.78 is 0. The number of hydrogen-bond acceptors (Lipinski definition) is 3. The van der Waals surface area contributed by atoms with Crippen molar-refractivity contribution in [2.75, 3.05) is 0 Å². The average molecular weight is 216 g/mol. The fourth-order valence-corrected chi connectivity index (χ4v) is 1.40. The van der Waals surface area contributed by atoms with Crippen LogP contribution in [0, 0.1) is 0 Å². The van der Waals surface area contributed by atoms with Gasteiger partial charge in [-0.05, 0) is 26.0 Å². The molecule has 0 bridgehead atoms. The largest absolute Gasteiger partial charge is 0.481 e. The molecule has 2 rings (SSSR count). The third kappa shape index (κ3) is 1.62. The molecule has 1 N–H and O–H groups in total. The first kappa shape index (κ1) is 10.5. The van der Waals surface area contributed by atoms with E-state index in [9.17, 15) is 4.79 Å². The molecule has 0 unspecified atom stereocenters. The van der Waals surface area contributed by atoms with Gasteiger partial charge < -0.3 is 5.11 Å². The Bertz CT molecular complexity index is 549. The van der Waals surface area contributed by atoms with E-state index in [0.29, 0.717) is 5.69 Å². The summed E-state index contributed by atoms with van der Waals surface area (Å²) in [6.07, 6.45) is 0. The minimum absolute atomic E-state index is 0.471. The minimum atomic E-state index is -1.02. The van der Waals surface area contributed by atoms with Gasteiger partial charge in [-0.2, -0.15) is 10.2 Å². The highest BCUT2D eigenvalue weighted by Crippen LogP contribution is 2.23. The number of hydrogen-bond donors (Lipinski definition) is 1. The number of fused-ring (bicyclic) bond motifs is 1. The molecule has 0 saturated carbocycles. The summed E-state index contributed by atoms with van der Waals surface area (Å²) in [5.74, 6) is -0.905. The van der Waals surface area contributed by atoms with Crippen LogP contribution in [0.15, 0.2) is 30.3 Å². The molecule has 0 spiro atoms. The Labute approximate surface area is 92.9 Å². The number of aliphatic carboxylic acids is 1. The Balaban J connectivity index is 2.59. The molecule has 0 saturated heterocycles. The predicted molar refractivity (Wildman–Crippen MR) is 60.2 cm³/mol. The Morgan fingerprint density at radius 2 is 1.94 bits per heavy atom. The second-order valence-electron chi connectivity index (χ2n) is 4.22. The number of nitrogens with zero attached hydrogens (tertiary/aromatic N) is 2. The summed E-state index contributed by atoms with van der Waals surface area (Å²) in [6.45, 7) is 3.24. The van der Waals surface area contributed by atoms with Gasteiger partial charge in [-0.3, -0.25) is 4.79 Å². The van der Waals surface area contributed by atoms with Crippen molar-refractivity contribution in [3.8, 4) is 0 Å². The first-order valence-corrected chi connectivity index (χ1v) is 4.98. The van der Waals surface area contributed by atoms with E-state index in [1.807, 2.05) is 24.3 Å². The summed E-state index contributed by atoms with van der Waals surface area (Å²) >= 11 is 0. The fourth-order valence-electron chi connectivity index (χ4n) is 1.40. The van der Waals surface area contributed by atoms with E-state index < -0.39 is 11.4 Å². The van der Waals surface area contributed by atoms with Gasteiger partial charge in [0.2, 0.25) is 0 Å². The van der Waals surface area contributed by atoms with Gasteiger partial charge in [0.05, 0.1) is 11.2 Å². The second kappa shape index (κ2) is 3.56. The van der Waals surface area contributed by atoms with Crippen molar-refractivity contribution < 1.29 is 9.90 Å². The molecule has 0 aliphatic carbocycles. The molecule has 4 nitrogen and oxygen atoms in total. The van der Waals surface area contributed by atoms with Gasteiger partial charge in [0, 0.05) is 5.39 Å². The monoisotopic (exact) mass is 216 g/mol. The minimum Gasteiger partial charge on any atom is -0.481 e. The van der Waals surface area contributed by atoms with Crippen LogP contribution in [0.4, 0.5) is 0 Å². The highest BCUT2D eigenvalue weighted by Gasteiger charge is 2.31. The zero-order chi connectivity index (χ0) is 11.8. The molecule has 1 heterocycles. The fraction of sp³-hybridized carbons (Fsp3) is 0.250. The molecule has 0 aliphatic heterocycles. The molecule has 1 aromatic heterocycles. The first-order valence-electron chi connectivity index (χ1n) is 4.98. The molecule has 0 atom stereocenters. The lowest BCUT2D eigenvalue weighted by Gasteiger charge is -2.17. The zero-order valence-corrected chi connectivity index (χ0v) is 9.14. The Hall–Kier alpha value is -1.97. The van der Waals surface area contributed by atoms with E-state index in [2.05, 4.69) is 10.2 Å². The van der Waals surface area contributed by atoms with Crippen molar-refractivity contribution in [3.05, 3.63) is 36.0 Å². The third-order valence-electron chi connectivity index (χ3n) is 2.67. The lowest BCUT2D eigenvalue weighted by molar-refractivity contribution is -0.142. The summed E-state index contributed by atoms with van der Waals surface area (Å²) in [4.78, 5) is 11.1. The Morgan fingerprint density at radius 1 is 1.25 bits per heavy atom. The third-order valence-corrected chi connectivity index (χ3v) is 2.67. The summed E-state index contributed by atoms with van der Waals surface area (Å²) in [6, 6.07) is 9.28. The quantitative estimate of drug-likeness (QED) is 0.833. The average Bonchev–Trinajstić information content (AvgIpc) is 2.28. The van der Waals surface area contributed by atoms with E-state index in [0.717, 1.165) is 10.9 Å². The number of carboxylic acid groups (broad SMARTS) is 1. The van der Waals surface area contributed by atoms with Gasteiger partial charge in [-0.25, -0.2) is 0 Å². The van der Waals surface area contributed by atoms with Crippen LogP contribution in [-0.4, -0.2) is 21.3 Å². The first-order chi connectivity index (χ1) is 7.51. The van der Waals surface area contributed by atoms with Crippen LogP contribution in [0.25, 0.3) is 10.9 Å². The van der Waals surface area contributed by atoms with Gasteiger partial charge in [-0.15, -0.1) is 0 Å². The summed E-state index contributed by atoms with van der Waals surface area (Å²) in [7, 11) is 0. The van der Waals surface area contributed by atoms with Gasteiger partial charge in [-0.1, -0.05) is 18.2 Å². The van der Waals surface area contributed by atoms with E-state index in [4.69, 9.17) is 5.11 Å². The topological polar surface area (TPSA) is 63.1 Å². The van der Waals surface area contributed by atoms with Gasteiger partial charge in [0.1, 0.15) is 5.41 Å². The van der Waals surface area contributed by atoms with Crippen molar-refractivity contribution in [2.45, 2.75) is 19.3 Å². The van der Waals surface area contributed by atoms with E-state index >= 15 is 0 Å². The van der Waals surface area contributed by atoms with Crippen molar-refractivity contribution in [1.29, 1.82) is 0 Å². The molecule has 1 aromatic carbocycles. The van der Waals surface area contributed by atoms with Crippen molar-refractivity contribution in [2.24, 2.45) is 0 Å². The molecule has 0 fully saturated rings. The highest BCUT2D eigenvalue weighted by molar-refractivity contribution is 5.83. The number of aromatic nitrogens is 2. The molecular formula is C12H12N2O2. The van der Waals surface area contributed by atoms with Crippen LogP contribution in [0.1, 0.15) is 19.5 Å². The molecule has 16 heavy (non-hydrogen) atoms. The van der Waals surface area contributed by atoms with E-state index in [1.54, 1.807) is 19.9 Å². The van der Waals surface area contributed by atoms with E-state index in [1.165, 1.54) is 0 Å². The van der Waals surface area contributed by atoms with Crippen LogP contribution >= 0.6 is 0 Å². The van der Waals surface area contributed by atoms with Gasteiger partial charge in [0.15, 0.2) is 0 Å². The van der Waals surface area contributed by atoms with Crippen LogP contribution in [-0.2, 0) is 10.2 Å². The maximum Gasteiger partial charge on any atom is 0.315 e. The maximum atomic E-state index is 11.1. The van der Waals surface area contributed by atoms with Crippen molar-refractivity contribution >= 4 is 16.9 Å². The van der Waals surface area contributed by atoms with Crippen LogP contribution < -0.4 is 0 Å². The molecule has 2 aromatic rings. The number of rotatable bonds is 2. The molecule has 0 amide bonds. The van der Waals surface area contributed by atoms with Crippen LogP contribution in [0.5, 0.6) is 0 Å². The molecule has 0 radical (unpaired) electrons. The van der Waals surface area contributed by atoms with Gasteiger partial charge in [0.25, 0.3) is 0 Å². The van der Waals surface area contributed by atoms with Crippen molar-refractivity contribution in [3.63, 3.8) is 0 Å². The van der Waals surface area contributed by atoms with Crippen molar-refractivity contribution in [1.82, 2.24) is 10.2 Å². The summed E-state index contributed by atoms with van der Waals surface area (Å²) in [5.41, 5.74) is 0.225. The smallest absolute Gasteiger partial charge is 0.315 e. The number of carbonyl (C=O) groups is 1. The second-order valence-corrected chi connectivity index (χ2v) is 4.22. The van der Waals surface area contributed by atoms with Crippen LogP contribution in [0.3, 0.4) is 0 Å². The summed E-state index contributed by atoms with van der Waals surface area (Å²) in [5, 5.41) is 18.0. The molecule has 4 heteroatoms. The van der Waals surface area contributed by atoms with E-state index in [-0.39, 0.29) is 0 Å². The predicted octanol–water partition coefficient (Wildman–Crippen LogP) is 1.99. The Morgan fingerprint density at radius 3 is 2.62 bits per heavy atom. The number of carboxylic acids is 1. The molecular weight excluding hydrogens is 204 g/mol.